The van der Waals surface area contributed by atoms with Crippen LogP contribution in [0, 0.1) is 11.3 Å². The van der Waals surface area contributed by atoms with Crippen molar-refractivity contribution in [3.8, 4) is 52.1 Å². The molecular formula is C83H74F12N22O13S7. The summed E-state index contributed by atoms with van der Waals surface area (Å²) < 4.78 is 322. The summed E-state index contributed by atoms with van der Waals surface area (Å²) in [6.45, 7) is 6.03. The fraction of sp³-hybridized carbons (Fsp3) is 0.349. The number of aryl methyl sites for hydroxylation is 4. The van der Waals surface area contributed by atoms with Gasteiger partial charge in [-0.25, -0.2) is 110 Å². The van der Waals surface area contributed by atoms with Gasteiger partial charge in [0.1, 0.15) is 67.4 Å². The Kier molecular flexibility index (Phi) is 23.9. The molecule has 720 valence electrons. The molecule has 4 aliphatic rings. The number of Topliss-reactive ketones (excluding diaryl/α,β-unsaturated/α-hetero) is 1. The van der Waals surface area contributed by atoms with E-state index < -0.39 is 116 Å². The number of nitrogens with zero attached hydrogens (tertiary/aromatic N) is 21. The predicted octanol–water partition coefficient (Wildman–Crippen LogP) is 13.3. The number of nitriles is 1. The second-order valence-corrected chi connectivity index (χ2v) is 47.0. The Balaban J connectivity index is 0.000000127. The van der Waals surface area contributed by atoms with Crippen LogP contribution in [0.2, 0.25) is 0 Å². The molecule has 0 saturated heterocycles. The lowest BCUT2D eigenvalue weighted by molar-refractivity contribution is -0.138. The Hall–Kier alpha value is -12.4. The summed E-state index contributed by atoms with van der Waals surface area (Å²) in [6, 6.07) is 18.1. The van der Waals surface area contributed by atoms with Crippen molar-refractivity contribution in [1.82, 2.24) is 101 Å². The Morgan fingerprint density at radius 2 is 0.737 bits per heavy atom. The molecule has 20 rings (SSSR count). The van der Waals surface area contributed by atoms with Crippen LogP contribution in [0.15, 0.2) is 157 Å². The fourth-order valence-electron chi connectivity index (χ4n) is 15.3. The largest absolute Gasteiger partial charge is 0.446 e. The van der Waals surface area contributed by atoms with Crippen molar-refractivity contribution in [1.29, 1.82) is 5.26 Å². The Labute approximate surface area is 773 Å². The highest BCUT2D eigenvalue weighted by molar-refractivity contribution is 8.00. The zero-order valence-electron chi connectivity index (χ0n) is 72.6. The summed E-state index contributed by atoms with van der Waals surface area (Å²) in [4.78, 5) is 63.0. The number of alkyl halides is 12. The second-order valence-electron chi connectivity index (χ2n) is 32.6. The van der Waals surface area contributed by atoms with Crippen LogP contribution in [0.5, 0.6) is 0 Å². The van der Waals surface area contributed by atoms with E-state index in [1.165, 1.54) is 146 Å². The molecule has 54 heteroatoms. The van der Waals surface area contributed by atoms with Crippen molar-refractivity contribution in [3.63, 3.8) is 0 Å². The van der Waals surface area contributed by atoms with E-state index in [0.717, 1.165) is 42.8 Å². The average molecular weight is 2040 g/mol. The van der Waals surface area contributed by atoms with Gasteiger partial charge in [-0.3, -0.25) is 22.4 Å². The SMILES string of the molecule is CCS(=O)(=O)c1c(-c2nc3cc(C(F)(F)F)cnc3n2C)nc2cc(C(=O)CNC3CC3)ccn12.CCS(=O)(=O)c1c(-c2nc3cc(C(F)(F)F)cnc3n2C)nc2cc(C3(C#N)CC3)ccn12.CCS(=O)(=O)c1c(-c2nc3cc(C(F)(F)F)cnc3n2C)nc2cc(S(=O)(=O)C3CC3)ccn12.CCS(=O)(=O)c1c(-c2nc3cc(SC(F)(F)F)cnc3n2C)nc2cc(S(=O)(=O)C3CC3)ccn12. The molecule has 0 spiro atoms. The normalized spacial score (nSPS) is 15.3. The quantitative estimate of drug-likeness (QED) is 0.0374. The number of thioether (sulfide) groups is 1. The highest BCUT2D eigenvalue weighted by Gasteiger charge is 2.47. The summed E-state index contributed by atoms with van der Waals surface area (Å²) >= 11 is -0.332. The minimum Gasteiger partial charge on any atom is -0.310 e. The number of fused-ring (bicyclic) bond motifs is 8. The van der Waals surface area contributed by atoms with Crippen LogP contribution in [-0.2, 0) is 111 Å². The third kappa shape index (κ3) is 18.0. The molecule has 0 aliphatic heterocycles. The van der Waals surface area contributed by atoms with Crippen molar-refractivity contribution in [3.05, 3.63) is 150 Å². The van der Waals surface area contributed by atoms with Crippen LogP contribution in [-0.4, -0.2) is 204 Å². The van der Waals surface area contributed by atoms with Crippen molar-refractivity contribution >= 4 is 144 Å². The maximum absolute atomic E-state index is 13.2. The Morgan fingerprint density at radius 1 is 0.423 bits per heavy atom. The molecule has 0 bridgehead atoms. The van der Waals surface area contributed by atoms with Crippen molar-refractivity contribution in [2.24, 2.45) is 28.2 Å². The van der Waals surface area contributed by atoms with Crippen LogP contribution >= 0.6 is 11.8 Å². The fourth-order valence-corrected chi connectivity index (χ4v) is 23.8. The van der Waals surface area contributed by atoms with Gasteiger partial charge in [0.25, 0.3) is 0 Å². The molecular weight excluding hydrogens is 1970 g/mol. The molecule has 137 heavy (non-hydrogen) atoms. The number of carbonyl (C=O) groups is 1. The van der Waals surface area contributed by atoms with Crippen molar-refractivity contribution in [2.75, 3.05) is 29.6 Å². The van der Waals surface area contributed by atoms with Gasteiger partial charge in [0.15, 0.2) is 131 Å². The Bertz CT molecular complexity index is 8530. The summed E-state index contributed by atoms with van der Waals surface area (Å²) in [5.41, 5.74) is -5.72. The highest BCUT2D eigenvalue weighted by atomic mass is 32.2. The molecule has 0 unspecified atom stereocenters. The van der Waals surface area contributed by atoms with Crippen LogP contribution in [0.3, 0.4) is 0 Å². The van der Waals surface area contributed by atoms with E-state index in [-0.39, 0.29) is 190 Å². The van der Waals surface area contributed by atoms with Crippen LogP contribution < -0.4 is 5.32 Å². The second kappa shape index (κ2) is 34.0. The molecule has 0 aromatic carbocycles. The molecule has 1 N–H and O–H groups in total. The third-order valence-electron chi connectivity index (χ3n) is 23.4. The molecule has 16 heterocycles. The van der Waals surface area contributed by atoms with Crippen molar-refractivity contribution in [2.45, 2.75) is 160 Å². The minimum atomic E-state index is -4.62. The van der Waals surface area contributed by atoms with E-state index in [0.29, 0.717) is 74.4 Å². The molecule has 4 saturated carbocycles. The van der Waals surface area contributed by atoms with Gasteiger partial charge in [-0.2, -0.15) is 57.9 Å². The molecule has 0 atom stereocenters. The lowest BCUT2D eigenvalue weighted by atomic mass is 9.99. The van der Waals surface area contributed by atoms with Gasteiger partial charge < -0.3 is 23.6 Å². The number of pyridine rings is 8. The van der Waals surface area contributed by atoms with Gasteiger partial charge in [0, 0.05) is 106 Å². The number of hydrogen-bond acceptors (Lipinski definition) is 28. The van der Waals surface area contributed by atoms with Crippen molar-refractivity contribution < 1.29 is 108 Å². The predicted molar refractivity (Wildman–Crippen MR) is 471 cm³/mol. The first-order chi connectivity index (χ1) is 64.2. The van der Waals surface area contributed by atoms with E-state index in [4.69, 9.17) is 0 Å². The maximum Gasteiger partial charge on any atom is 0.446 e. The first-order valence-electron chi connectivity index (χ1n) is 41.6. The number of halogens is 12. The minimum absolute atomic E-state index is 0.0100. The number of imidazole rings is 8. The molecule has 4 fully saturated rings. The first-order valence-corrected chi connectivity index (χ1v) is 52.1. The van der Waals surface area contributed by atoms with E-state index in [9.17, 15) is 113 Å². The maximum atomic E-state index is 13.2. The topological polar surface area (TPSA) is 450 Å². The lowest BCUT2D eigenvalue weighted by Crippen LogP contribution is -2.24. The molecule has 0 amide bonds. The summed E-state index contributed by atoms with van der Waals surface area (Å²) in [6.07, 6.45) is 0.809. The smallest absolute Gasteiger partial charge is 0.310 e. The monoisotopic (exact) mass is 2040 g/mol. The van der Waals surface area contributed by atoms with Crippen LogP contribution in [0.1, 0.15) is 112 Å². The summed E-state index contributed by atoms with van der Waals surface area (Å²) in [5.74, 6) is -0.955. The standard InChI is InChI=1S/C22H21F3N6O3S.C21H17F3N6O2S.C20H18F3N5O4S3.C20H18F3N5O4S2/c1-3-35(33,34)21-18(20-28-15-9-13(22(23,24)25)10-27-19(15)30(20)2)29-17-8-12(6-7-31(17)21)16(32)11-26-14-4-5-14;1-3-33(31,32)19-16(28-15-9-12(4-7-30(15)19)20(11-25)5-6-20)18-27-14-8-13(21(22,23)24)10-26-17(14)29(18)2;1-3-34(29,30)19-16(26-15-9-13(6-7-28(15)19)35(31,32)12-4-5-12)18-25-14-8-11(33-20(21,22)23)10-24-17(14)27(18)2;1-3-33(29,30)19-16(18-25-14-8-11(20(21,22)23)10-24-17(14)27(18)2)26-15-9-13(6-7-28(15)19)34(31,32)12-4-5-12/h6-10,14,26H,3-5,11H2,1-2H3;4,7-10H,3,5-6H2,1-2H3;6-10,12H,3-5H2,1-2H3;6-10,12H,3-5H2,1-2H3. The summed E-state index contributed by atoms with van der Waals surface area (Å²) in [5, 5.41) is 11.1. The average Bonchev–Trinajstić information content (AvgIpc) is 1.56. The molecule has 4 aliphatic carbocycles. The lowest BCUT2D eigenvalue weighted by Gasteiger charge is -2.08. The number of hydrogen-bond donors (Lipinski definition) is 1. The summed E-state index contributed by atoms with van der Waals surface area (Å²) in [7, 11) is -16.4. The van der Waals surface area contributed by atoms with E-state index in [2.05, 4.69) is 71.2 Å². The Morgan fingerprint density at radius 3 is 1.04 bits per heavy atom. The number of aromatic nitrogens is 20. The van der Waals surface area contributed by atoms with E-state index in [1.54, 1.807) is 25.4 Å². The van der Waals surface area contributed by atoms with Gasteiger partial charge in [0.2, 0.25) is 0 Å². The third-order valence-corrected chi connectivity index (χ3v) is 35.6. The van der Waals surface area contributed by atoms with Gasteiger partial charge in [-0.05, 0) is 129 Å². The van der Waals surface area contributed by atoms with Gasteiger partial charge in [-0.1, -0.05) is 27.7 Å². The zero-order valence-corrected chi connectivity index (χ0v) is 78.3. The van der Waals surface area contributed by atoms with Gasteiger partial charge in [0.05, 0.1) is 78.0 Å². The molecule has 16 aromatic rings. The molecule has 0 radical (unpaired) electrons. The number of rotatable bonds is 22. The van der Waals surface area contributed by atoms with Gasteiger partial charge >= 0.3 is 24.0 Å². The molecule has 16 aromatic heterocycles. The van der Waals surface area contributed by atoms with Gasteiger partial charge in [-0.15, -0.1) is 0 Å². The number of carbonyl (C=O) groups excluding carboxylic acids is 1. The van der Waals surface area contributed by atoms with E-state index >= 15 is 0 Å². The number of sulfone groups is 6. The van der Waals surface area contributed by atoms with Crippen LogP contribution in [0.4, 0.5) is 52.7 Å². The van der Waals surface area contributed by atoms with Crippen LogP contribution in [0.25, 0.3) is 113 Å². The zero-order chi connectivity index (χ0) is 98.8. The number of nitrogens with one attached hydrogen (secondary N) is 1. The highest BCUT2D eigenvalue weighted by Crippen LogP contribution is 2.49. The van der Waals surface area contributed by atoms with E-state index in [1.807, 2.05) is 0 Å². The molecule has 35 nitrogen and oxygen atoms in total. The first kappa shape index (κ1) is 96.3. The number of ketones is 1.